The summed E-state index contributed by atoms with van der Waals surface area (Å²) in [5.41, 5.74) is 0.882. The summed E-state index contributed by atoms with van der Waals surface area (Å²) >= 11 is 3.38. The molecule has 1 aromatic heterocycles. The summed E-state index contributed by atoms with van der Waals surface area (Å²) in [5, 5.41) is 18.4. The van der Waals surface area contributed by atoms with Gasteiger partial charge in [0.25, 0.3) is 5.95 Å². The molecule has 0 aliphatic carbocycles. The van der Waals surface area contributed by atoms with E-state index in [2.05, 4.69) is 41.6 Å². The van der Waals surface area contributed by atoms with Crippen molar-refractivity contribution in [1.82, 2.24) is 20.4 Å². The summed E-state index contributed by atoms with van der Waals surface area (Å²) in [4.78, 5) is 0. The van der Waals surface area contributed by atoms with E-state index in [-0.39, 0.29) is 0 Å². The van der Waals surface area contributed by atoms with E-state index in [4.69, 9.17) is 0 Å². The molecule has 1 aromatic carbocycles. The predicted molar refractivity (Wildman–Crippen MR) is 60.3 cm³/mol. The van der Waals surface area contributed by atoms with E-state index in [0.717, 1.165) is 10.0 Å². The first-order valence-electron chi connectivity index (χ1n) is 4.30. The third kappa shape index (κ3) is 2.27. The number of hydrogen-bond acceptors (Lipinski definition) is 5. The molecule has 1 heterocycles. The van der Waals surface area contributed by atoms with E-state index >= 15 is 0 Å². The molecule has 2 rings (SSSR count). The quantitative estimate of drug-likeness (QED) is 0.896. The van der Waals surface area contributed by atoms with Gasteiger partial charge in [0.05, 0.1) is 0 Å². The Labute approximate surface area is 95.1 Å². The number of aromatic nitrogens is 4. The maximum Gasteiger partial charge on any atom is 0.261 e. The Morgan fingerprint density at radius 2 is 1.87 bits per heavy atom. The van der Waals surface area contributed by atoms with Crippen molar-refractivity contribution in [2.75, 3.05) is 12.4 Å². The zero-order valence-corrected chi connectivity index (χ0v) is 9.56. The van der Waals surface area contributed by atoms with E-state index in [9.17, 15) is 0 Å². The monoisotopic (exact) mass is 265 g/mol. The lowest BCUT2D eigenvalue weighted by atomic mass is 10.2. The van der Waals surface area contributed by atoms with Crippen LogP contribution in [0.2, 0.25) is 0 Å². The Kier molecular flexibility index (Phi) is 2.86. The molecular weight excluding hydrogens is 258 g/mol. The Balaban J connectivity index is 2.37. The molecule has 0 unspecified atom stereocenters. The van der Waals surface area contributed by atoms with Crippen molar-refractivity contribution in [1.29, 1.82) is 0 Å². The normalized spacial score (nSPS) is 10.0. The van der Waals surface area contributed by atoms with Crippen molar-refractivity contribution in [2.24, 2.45) is 0 Å². The van der Waals surface area contributed by atoms with Gasteiger partial charge < -0.3 is 5.32 Å². The first-order chi connectivity index (χ1) is 7.29. The lowest BCUT2D eigenvalue weighted by Gasteiger charge is -1.99. The van der Waals surface area contributed by atoms with Gasteiger partial charge in [0.15, 0.2) is 0 Å². The number of nitrogens with zero attached hydrogens (tertiary/aromatic N) is 4. The first kappa shape index (κ1) is 9.97. The maximum absolute atomic E-state index is 3.95. The van der Waals surface area contributed by atoms with Gasteiger partial charge in [-0.25, -0.2) is 0 Å². The Bertz CT molecular complexity index is 456. The Morgan fingerprint density at radius 1 is 1.13 bits per heavy atom. The number of nitrogens with one attached hydrogen (secondary N) is 1. The van der Waals surface area contributed by atoms with Crippen LogP contribution in [0.4, 0.5) is 5.95 Å². The van der Waals surface area contributed by atoms with Crippen molar-refractivity contribution in [3.05, 3.63) is 28.7 Å². The van der Waals surface area contributed by atoms with Crippen LogP contribution in [0.1, 0.15) is 0 Å². The molecule has 0 spiro atoms. The van der Waals surface area contributed by atoms with Crippen LogP contribution in [0.15, 0.2) is 28.7 Å². The Hall–Kier alpha value is -1.56. The molecule has 2 aromatic rings. The van der Waals surface area contributed by atoms with Crippen LogP contribution in [0.3, 0.4) is 0 Å². The van der Waals surface area contributed by atoms with Gasteiger partial charge in [-0.1, -0.05) is 28.1 Å². The second-order valence-corrected chi connectivity index (χ2v) is 3.72. The SMILES string of the molecule is CNc1nnc(-c2cccc(Br)c2)nn1. The summed E-state index contributed by atoms with van der Waals surface area (Å²) in [7, 11) is 1.72. The lowest BCUT2D eigenvalue weighted by molar-refractivity contribution is 0.872. The number of benzene rings is 1. The molecule has 0 aliphatic heterocycles. The minimum atomic E-state index is 0.411. The minimum absolute atomic E-state index is 0.411. The molecule has 0 radical (unpaired) electrons. The average Bonchev–Trinajstić information content (AvgIpc) is 2.29. The molecule has 0 saturated carbocycles. The summed E-state index contributed by atoms with van der Waals surface area (Å²) in [5.74, 6) is 0.920. The molecule has 15 heavy (non-hydrogen) atoms. The molecule has 0 bridgehead atoms. The van der Waals surface area contributed by atoms with Crippen LogP contribution in [-0.2, 0) is 0 Å². The molecule has 0 atom stereocenters. The van der Waals surface area contributed by atoms with Gasteiger partial charge in [-0.15, -0.1) is 20.4 Å². The molecule has 0 amide bonds. The fraction of sp³-hybridized carbons (Fsp3) is 0.111. The van der Waals surface area contributed by atoms with Gasteiger partial charge in [0.1, 0.15) is 0 Å². The van der Waals surface area contributed by atoms with Gasteiger partial charge in [-0.05, 0) is 12.1 Å². The summed E-state index contributed by atoms with van der Waals surface area (Å²) < 4.78 is 0.973. The first-order valence-corrected chi connectivity index (χ1v) is 5.10. The topological polar surface area (TPSA) is 63.6 Å². The zero-order valence-electron chi connectivity index (χ0n) is 7.98. The van der Waals surface area contributed by atoms with Gasteiger partial charge in [0, 0.05) is 17.1 Å². The third-order valence-corrected chi connectivity index (χ3v) is 2.28. The third-order valence-electron chi connectivity index (χ3n) is 1.79. The number of rotatable bonds is 2. The van der Waals surface area contributed by atoms with E-state index in [1.807, 2.05) is 24.3 Å². The van der Waals surface area contributed by atoms with Gasteiger partial charge in [-0.3, -0.25) is 0 Å². The van der Waals surface area contributed by atoms with Gasteiger partial charge in [-0.2, -0.15) is 0 Å². The molecule has 0 aliphatic rings. The van der Waals surface area contributed by atoms with E-state index < -0.39 is 0 Å². The number of halogens is 1. The maximum atomic E-state index is 3.95. The summed E-state index contributed by atoms with van der Waals surface area (Å²) in [6, 6.07) is 7.67. The second-order valence-electron chi connectivity index (χ2n) is 2.81. The van der Waals surface area contributed by atoms with Gasteiger partial charge >= 0.3 is 0 Å². The highest BCUT2D eigenvalue weighted by Crippen LogP contribution is 2.18. The summed E-state index contributed by atoms with van der Waals surface area (Å²) in [6.45, 7) is 0. The average molecular weight is 266 g/mol. The molecule has 76 valence electrons. The Morgan fingerprint density at radius 3 is 2.47 bits per heavy atom. The molecule has 1 N–H and O–H groups in total. The zero-order chi connectivity index (χ0) is 10.7. The van der Waals surface area contributed by atoms with Crippen molar-refractivity contribution in [2.45, 2.75) is 0 Å². The molecule has 6 heteroatoms. The predicted octanol–water partition coefficient (Wildman–Crippen LogP) is 1.74. The van der Waals surface area contributed by atoms with Crippen LogP contribution in [0.5, 0.6) is 0 Å². The van der Waals surface area contributed by atoms with Crippen LogP contribution < -0.4 is 5.32 Å². The highest BCUT2D eigenvalue weighted by molar-refractivity contribution is 9.10. The number of hydrogen-bond donors (Lipinski definition) is 1. The van der Waals surface area contributed by atoms with Crippen molar-refractivity contribution in [3.63, 3.8) is 0 Å². The van der Waals surface area contributed by atoms with Crippen LogP contribution in [0.25, 0.3) is 11.4 Å². The van der Waals surface area contributed by atoms with Crippen molar-refractivity contribution < 1.29 is 0 Å². The fourth-order valence-electron chi connectivity index (χ4n) is 1.07. The highest BCUT2D eigenvalue weighted by Gasteiger charge is 2.03. The van der Waals surface area contributed by atoms with Crippen LogP contribution in [-0.4, -0.2) is 27.4 Å². The standard InChI is InChI=1S/C9H8BrN5/c1-11-9-14-12-8(13-15-9)6-3-2-4-7(10)5-6/h2-5H,1H3,(H,11,14,15). The second kappa shape index (κ2) is 4.31. The van der Waals surface area contributed by atoms with E-state index in [0.29, 0.717) is 11.8 Å². The largest absolute Gasteiger partial charge is 0.355 e. The molecule has 0 saturated heterocycles. The van der Waals surface area contributed by atoms with E-state index in [1.54, 1.807) is 7.05 Å². The molecule has 5 nitrogen and oxygen atoms in total. The smallest absolute Gasteiger partial charge is 0.261 e. The van der Waals surface area contributed by atoms with Crippen molar-refractivity contribution in [3.8, 4) is 11.4 Å². The lowest BCUT2D eigenvalue weighted by Crippen LogP contribution is -2.02. The molecular formula is C9H8BrN5. The van der Waals surface area contributed by atoms with E-state index in [1.165, 1.54) is 0 Å². The fourth-order valence-corrected chi connectivity index (χ4v) is 1.47. The van der Waals surface area contributed by atoms with Crippen LogP contribution >= 0.6 is 15.9 Å². The summed E-state index contributed by atoms with van der Waals surface area (Å²) in [6.07, 6.45) is 0. The van der Waals surface area contributed by atoms with Crippen LogP contribution in [0, 0.1) is 0 Å². The van der Waals surface area contributed by atoms with Gasteiger partial charge in [0.2, 0.25) is 5.82 Å². The molecule has 0 fully saturated rings. The van der Waals surface area contributed by atoms with Crippen molar-refractivity contribution >= 4 is 21.9 Å². The highest BCUT2D eigenvalue weighted by atomic mass is 79.9. The number of anilines is 1. The minimum Gasteiger partial charge on any atom is -0.355 e.